The van der Waals surface area contributed by atoms with E-state index in [0.29, 0.717) is 6.54 Å². The van der Waals surface area contributed by atoms with E-state index >= 15 is 0 Å². The van der Waals surface area contributed by atoms with E-state index in [1.807, 2.05) is 12.1 Å². The molecule has 1 aliphatic rings. The Kier molecular flexibility index (Phi) is 9.42. The zero-order valence-corrected chi connectivity index (χ0v) is 14.3. The van der Waals surface area contributed by atoms with Gasteiger partial charge in [0.1, 0.15) is 0 Å². The summed E-state index contributed by atoms with van der Waals surface area (Å²) in [5, 5.41) is 6.36. The molecule has 1 aliphatic heterocycles. The summed E-state index contributed by atoms with van der Waals surface area (Å²) in [6.45, 7) is 5.69. The van der Waals surface area contributed by atoms with Gasteiger partial charge in [0.2, 0.25) is 0 Å². The third-order valence-corrected chi connectivity index (χ3v) is 3.66. The highest BCUT2D eigenvalue weighted by Gasteiger charge is 2.16. The van der Waals surface area contributed by atoms with Crippen LogP contribution in [0.5, 0.6) is 0 Å². The molecule has 6 heteroatoms. The number of likely N-dealkylation sites (N-methyl/N-ethyl adjacent to an activating group) is 1. The molecule has 2 N–H and O–H groups in total. The summed E-state index contributed by atoms with van der Waals surface area (Å²) in [6.07, 6.45) is 2.08. The van der Waals surface area contributed by atoms with Crippen LogP contribution in [-0.2, 0) is 6.42 Å². The Hall–Kier alpha value is -0.970. The van der Waals surface area contributed by atoms with Crippen LogP contribution in [-0.4, -0.2) is 44.0 Å². The monoisotopic (exact) mass is 333 g/mol. The number of anilines is 1. The Labute approximate surface area is 139 Å². The Morgan fingerprint density at radius 1 is 1.38 bits per heavy atom. The van der Waals surface area contributed by atoms with Crippen molar-refractivity contribution in [3.8, 4) is 0 Å². The van der Waals surface area contributed by atoms with Crippen molar-refractivity contribution in [3.05, 3.63) is 29.3 Å². The fourth-order valence-corrected chi connectivity index (χ4v) is 2.34. The van der Waals surface area contributed by atoms with Gasteiger partial charge in [-0.15, -0.1) is 24.8 Å². The number of carbonyl (C=O) groups excluding carboxylic acids is 1. The third-order valence-electron chi connectivity index (χ3n) is 3.66. The van der Waals surface area contributed by atoms with Crippen molar-refractivity contribution in [1.82, 2.24) is 10.2 Å². The second kappa shape index (κ2) is 9.87. The van der Waals surface area contributed by atoms with E-state index in [9.17, 15) is 4.79 Å². The third kappa shape index (κ3) is 5.38. The molecular weight excluding hydrogens is 309 g/mol. The molecule has 1 amide bonds. The van der Waals surface area contributed by atoms with E-state index in [-0.39, 0.29) is 30.7 Å². The van der Waals surface area contributed by atoms with Gasteiger partial charge in [-0.1, -0.05) is 13.0 Å². The van der Waals surface area contributed by atoms with E-state index in [2.05, 4.69) is 35.6 Å². The van der Waals surface area contributed by atoms with Gasteiger partial charge in [-0.2, -0.15) is 0 Å². The smallest absolute Gasteiger partial charge is 0.251 e. The van der Waals surface area contributed by atoms with Crippen molar-refractivity contribution < 1.29 is 4.79 Å². The summed E-state index contributed by atoms with van der Waals surface area (Å²) in [6, 6.07) is 5.92. The standard InChI is InChI=1S/C15H23N3O.2ClH/c1-3-18(2)11-10-17-15(19)13-6-4-8-14-12(13)7-5-9-16-14;;/h4,6,8,16H,3,5,7,9-11H2,1-2H3,(H,17,19);2*1H. The molecule has 1 heterocycles. The molecule has 2 rings (SSSR count). The highest BCUT2D eigenvalue weighted by atomic mass is 35.5. The van der Waals surface area contributed by atoms with Crippen molar-refractivity contribution >= 4 is 36.4 Å². The SMILES string of the molecule is CCN(C)CCNC(=O)c1cccc2c1CCCN2.Cl.Cl. The zero-order chi connectivity index (χ0) is 13.7. The van der Waals surface area contributed by atoms with Crippen molar-refractivity contribution in [2.45, 2.75) is 19.8 Å². The van der Waals surface area contributed by atoms with Gasteiger partial charge in [0.15, 0.2) is 0 Å². The molecule has 0 saturated carbocycles. The largest absolute Gasteiger partial charge is 0.385 e. The van der Waals surface area contributed by atoms with Crippen LogP contribution in [0.15, 0.2) is 18.2 Å². The number of fused-ring (bicyclic) bond motifs is 1. The molecule has 1 aromatic rings. The zero-order valence-electron chi connectivity index (χ0n) is 12.6. The minimum Gasteiger partial charge on any atom is -0.385 e. The van der Waals surface area contributed by atoms with E-state index in [4.69, 9.17) is 0 Å². The Morgan fingerprint density at radius 3 is 2.86 bits per heavy atom. The fraction of sp³-hybridized carbons (Fsp3) is 0.533. The number of nitrogens with one attached hydrogen (secondary N) is 2. The first kappa shape index (κ1) is 20.0. The molecule has 0 spiro atoms. The van der Waals surface area contributed by atoms with Crippen molar-refractivity contribution in [1.29, 1.82) is 0 Å². The number of carbonyl (C=O) groups is 1. The second-order valence-corrected chi connectivity index (χ2v) is 5.01. The highest BCUT2D eigenvalue weighted by molar-refractivity contribution is 5.97. The number of rotatable bonds is 5. The molecule has 0 aliphatic carbocycles. The van der Waals surface area contributed by atoms with Crippen LogP contribution in [0.25, 0.3) is 0 Å². The van der Waals surface area contributed by atoms with Crippen LogP contribution >= 0.6 is 24.8 Å². The molecule has 0 bridgehead atoms. The molecule has 0 atom stereocenters. The second-order valence-electron chi connectivity index (χ2n) is 5.01. The summed E-state index contributed by atoms with van der Waals surface area (Å²) in [5.41, 5.74) is 3.10. The van der Waals surface area contributed by atoms with Gasteiger partial charge in [0.05, 0.1) is 0 Å². The van der Waals surface area contributed by atoms with Gasteiger partial charge < -0.3 is 15.5 Å². The summed E-state index contributed by atoms with van der Waals surface area (Å²) in [7, 11) is 2.06. The number of benzene rings is 1. The number of hydrogen-bond acceptors (Lipinski definition) is 3. The van der Waals surface area contributed by atoms with Crippen LogP contribution < -0.4 is 10.6 Å². The van der Waals surface area contributed by atoms with Gasteiger partial charge in [-0.3, -0.25) is 4.79 Å². The molecule has 0 aromatic heterocycles. The maximum Gasteiger partial charge on any atom is 0.251 e. The first-order chi connectivity index (χ1) is 9.22. The lowest BCUT2D eigenvalue weighted by molar-refractivity contribution is 0.0949. The topological polar surface area (TPSA) is 44.4 Å². The van der Waals surface area contributed by atoms with Crippen LogP contribution in [0.3, 0.4) is 0 Å². The van der Waals surface area contributed by atoms with Crippen LogP contribution in [0.2, 0.25) is 0 Å². The average molecular weight is 334 g/mol. The summed E-state index contributed by atoms with van der Waals surface area (Å²) in [5.74, 6) is 0.0463. The van der Waals surface area contributed by atoms with Crippen molar-refractivity contribution in [2.75, 3.05) is 38.5 Å². The van der Waals surface area contributed by atoms with Crippen molar-refractivity contribution in [2.24, 2.45) is 0 Å². The molecule has 0 saturated heterocycles. The maximum absolute atomic E-state index is 12.2. The molecule has 4 nitrogen and oxygen atoms in total. The predicted molar refractivity (Wildman–Crippen MR) is 93.3 cm³/mol. The lowest BCUT2D eigenvalue weighted by Crippen LogP contribution is -2.33. The number of nitrogens with zero attached hydrogens (tertiary/aromatic N) is 1. The Bertz CT molecular complexity index is 455. The van der Waals surface area contributed by atoms with Crippen molar-refractivity contribution in [3.63, 3.8) is 0 Å². The molecular formula is C15H25Cl2N3O. The Balaban J connectivity index is 0.00000200. The minimum absolute atomic E-state index is 0. The summed E-state index contributed by atoms with van der Waals surface area (Å²) < 4.78 is 0. The highest BCUT2D eigenvalue weighted by Crippen LogP contribution is 2.25. The van der Waals surface area contributed by atoms with Crippen LogP contribution in [0.4, 0.5) is 5.69 Å². The van der Waals surface area contributed by atoms with E-state index in [0.717, 1.165) is 49.3 Å². The van der Waals surface area contributed by atoms with Crippen LogP contribution in [0, 0.1) is 0 Å². The van der Waals surface area contributed by atoms with E-state index < -0.39 is 0 Å². The summed E-state index contributed by atoms with van der Waals surface area (Å²) >= 11 is 0. The van der Waals surface area contributed by atoms with E-state index in [1.54, 1.807) is 0 Å². The lowest BCUT2D eigenvalue weighted by atomic mass is 9.97. The number of halogens is 2. The van der Waals surface area contributed by atoms with Gasteiger partial charge in [0, 0.05) is 30.9 Å². The molecule has 0 fully saturated rings. The number of hydrogen-bond donors (Lipinski definition) is 2. The van der Waals surface area contributed by atoms with Gasteiger partial charge in [-0.05, 0) is 44.1 Å². The quantitative estimate of drug-likeness (QED) is 0.870. The Morgan fingerprint density at radius 2 is 2.14 bits per heavy atom. The maximum atomic E-state index is 12.2. The van der Waals surface area contributed by atoms with Gasteiger partial charge >= 0.3 is 0 Å². The predicted octanol–water partition coefficient (Wildman–Crippen LogP) is 2.57. The van der Waals surface area contributed by atoms with Crippen LogP contribution in [0.1, 0.15) is 29.3 Å². The molecule has 0 unspecified atom stereocenters. The summed E-state index contributed by atoms with van der Waals surface area (Å²) in [4.78, 5) is 14.4. The minimum atomic E-state index is 0. The normalized spacial score (nSPS) is 12.5. The van der Waals surface area contributed by atoms with E-state index in [1.165, 1.54) is 0 Å². The van der Waals surface area contributed by atoms with Gasteiger partial charge in [0.25, 0.3) is 5.91 Å². The first-order valence-corrected chi connectivity index (χ1v) is 7.05. The molecule has 1 aromatic carbocycles. The average Bonchev–Trinajstić information content (AvgIpc) is 2.46. The fourth-order valence-electron chi connectivity index (χ4n) is 2.34. The number of amides is 1. The first-order valence-electron chi connectivity index (χ1n) is 7.05. The molecule has 120 valence electrons. The molecule has 0 radical (unpaired) electrons. The molecule has 21 heavy (non-hydrogen) atoms. The van der Waals surface area contributed by atoms with Gasteiger partial charge in [-0.25, -0.2) is 0 Å². The lowest BCUT2D eigenvalue weighted by Gasteiger charge is -2.21.